The van der Waals surface area contributed by atoms with Gasteiger partial charge in [0.2, 0.25) is 5.91 Å². The Morgan fingerprint density at radius 1 is 0.770 bits per heavy atom. The summed E-state index contributed by atoms with van der Waals surface area (Å²) in [6.45, 7) is 2.24. The molecular formula is C43H41F2N11O5. The van der Waals surface area contributed by atoms with Crippen LogP contribution in [0.4, 0.5) is 25.2 Å². The van der Waals surface area contributed by atoms with Crippen molar-refractivity contribution in [3.8, 4) is 22.5 Å². The minimum atomic E-state index is -1.12. The average Bonchev–Trinajstić information content (AvgIpc) is 3.23. The molecule has 3 fully saturated rings. The summed E-state index contributed by atoms with van der Waals surface area (Å²) in [6, 6.07) is 18.3. The van der Waals surface area contributed by atoms with Gasteiger partial charge in [0.05, 0.1) is 42.1 Å². The highest BCUT2D eigenvalue weighted by Gasteiger charge is 2.38. The van der Waals surface area contributed by atoms with Crippen molar-refractivity contribution >= 4 is 51.3 Å². The van der Waals surface area contributed by atoms with E-state index in [1.54, 1.807) is 63.2 Å². The van der Waals surface area contributed by atoms with Crippen molar-refractivity contribution in [3.63, 3.8) is 0 Å². The SMILES string of the molecule is Nc1ncc(C(=O)NC2CN(C(=O)CC3CN(C(=O)N4CC(NC(O)c5cnc(N)c6nc(-c7cccc(F)c7)ccc56)C4)CCO3)C2)c2ccc(-c3cccc(F)c3)nc12. The van der Waals surface area contributed by atoms with E-state index in [9.17, 15) is 28.3 Å². The number of fused-ring (bicyclic) bond motifs is 2. The molecule has 3 aliphatic rings. The number of rotatable bonds is 9. The number of carbonyl (C=O) groups is 3. The van der Waals surface area contributed by atoms with Crippen molar-refractivity contribution in [3.05, 3.63) is 108 Å². The number of carbonyl (C=O) groups excluding carboxylic acids is 3. The first-order valence-corrected chi connectivity index (χ1v) is 19.8. The third-order valence-corrected chi connectivity index (χ3v) is 11.3. The number of nitrogens with zero attached hydrogens (tertiary/aromatic N) is 7. The van der Waals surface area contributed by atoms with E-state index < -0.39 is 18.1 Å². The van der Waals surface area contributed by atoms with Gasteiger partial charge in [-0.3, -0.25) is 14.9 Å². The number of aromatic nitrogens is 4. The molecular weight excluding hydrogens is 789 g/mol. The zero-order chi connectivity index (χ0) is 42.4. The minimum Gasteiger partial charge on any atom is -0.382 e. The van der Waals surface area contributed by atoms with Crippen molar-refractivity contribution < 1.29 is 33.0 Å². The molecule has 2 unspecified atom stereocenters. The van der Waals surface area contributed by atoms with Crippen molar-refractivity contribution in [1.82, 2.24) is 45.3 Å². The zero-order valence-corrected chi connectivity index (χ0v) is 32.7. The van der Waals surface area contributed by atoms with Gasteiger partial charge < -0.3 is 41.3 Å². The summed E-state index contributed by atoms with van der Waals surface area (Å²) in [5.74, 6) is -1.01. The number of likely N-dealkylation sites (tertiary alicyclic amines) is 2. The van der Waals surface area contributed by atoms with Crippen LogP contribution >= 0.6 is 0 Å². The fraction of sp³-hybridized carbons (Fsp3) is 0.279. The van der Waals surface area contributed by atoms with Gasteiger partial charge in [0.15, 0.2) is 0 Å². The summed E-state index contributed by atoms with van der Waals surface area (Å²) in [7, 11) is 0. The van der Waals surface area contributed by atoms with Crippen LogP contribution in [0, 0.1) is 11.6 Å². The molecule has 2 atom stereocenters. The first-order valence-electron chi connectivity index (χ1n) is 19.8. The maximum atomic E-state index is 13.8. The number of ether oxygens (including phenoxy) is 1. The highest BCUT2D eigenvalue weighted by Crippen LogP contribution is 2.30. The van der Waals surface area contributed by atoms with E-state index in [0.717, 1.165) is 0 Å². The van der Waals surface area contributed by atoms with E-state index in [2.05, 4.69) is 30.6 Å². The fourth-order valence-electron chi connectivity index (χ4n) is 7.94. The van der Waals surface area contributed by atoms with Crippen molar-refractivity contribution in [1.29, 1.82) is 0 Å². The van der Waals surface area contributed by atoms with Gasteiger partial charge in [0, 0.05) is 85.2 Å². The summed E-state index contributed by atoms with van der Waals surface area (Å²) in [5.41, 5.74) is 15.8. The number of nitrogen functional groups attached to an aromatic ring is 2. The Kier molecular flexibility index (Phi) is 10.6. The third kappa shape index (κ3) is 8.07. The number of aliphatic hydroxyl groups is 1. The van der Waals surface area contributed by atoms with Crippen molar-refractivity contribution in [2.45, 2.75) is 30.8 Å². The number of amides is 4. The quantitative estimate of drug-likeness (QED) is 0.132. The second-order valence-electron chi connectivity index (χ2n) is 15.4. The number of benzene rings is 2. The van der Waals surface area contributed by atoms with E-state index in [-0.39, 0.29) is 72.5 Å². The highest BCUT2D eigenvalue weighted by atomic mass is 19.1. The molecule has 6 aromatic rings. The third-order valence-electron chi connectivity index (χ3n) is 11.3. The normalized spacial score (nSPS) is 17.6. The van der Waals surface area contributed by atoms with Crippen LogP contribution in [-0.4, -0.2) is 122 Å². The van der Waals surface area contributed by atoms with Gasteiger partial charge in [-0.05, 0) is 42.5 Å². The Hall–Kier alpha value is -6.89. The van der Waals surface area contributed by atoms with E-state index in [4.69, 9.17) is 16.2 Å². The molecule has 312 valence electrons. The van der Waals surface area contributed by atoms with Crippen LogP contribution in [0.3, 0.4) is 0 Å². The van der Waals surface area contributed by atoms with Crippen LogP contribution < -0.4 is 22.1 Å². The molecule has 7 N–H and O–H groups in total. The van der Waals surface area contributed by atoms with Gasteiger partial charge in [-0.2, -0.15) is 0 Å². The summed E-state index contributed by atoms with van der Waals surface area (Å²) < 4.78 is 33.6. The number of hydrogen-bond acceptors (Lipinski definition) is 12. The number of halogens is 2. The molecule has 16 nitrogen and oxygen atoms in total. The summed E-state index contributed by atoms with van der Waals surface area (Å²) in [5, 5.41) is 18.4. The maximum absolute atomic E-state index is 13.8. The van der Waals surface area contributed by atoms with Gasteiger partial charge in [0.25, 0.3) is 5.91 Å². The molecule has 61 heavy (non-hydrogen) atoms. The second kappa shape index (κ2) is 16.3. The Morgan fingerprint density at radius 3 is 2.03 bits per heavy atom. The largest absolute Gasteiger partial charge is 0.382 e. The Balaban J connectivity index is 0.741. The van der Waals surface area contributed by atoms with Crippen LogP contribution in [0.1, 0.15) is 28.6 Å². The summed E-state index contributed by atoms with van der Waals surface area (Å²) in [4.78, 5) is 62.5. The first kappa shape index (κ1) is 39.6. The maximum Gasteiger partial charge on any atom is 0.320 e. The lowest BCUT2D eigenvalue weighted by Gasteiger charge is -2.45. The lowest BCUT2D eigenvalue weighted by Crippen LogP contribution is -2.64. The predicted octanol–water partition coefficient (Wildman–Crippen LogP) is 3.47. The number of aliphatic hydroxyl groups excluding tert-OH is 1. The lowest BCUT2D eigenvalue weighted by atomic mass is 10.0. The number of urea groups is 1. The molecule has 7 heterocycles. The van der Waals surface area contributed by atoms with Crippen LogP contribution in [0.15, 0.2) is 85.2 Å². The van der Waals surface area contributed by atoms with E-state index >= 15 is 0 Å². The van der Waals surface area contributed by atoms with Crippen molar-refractivity contribution in [2.75, 3.05) is 57.3 Å². The Bertz CT molecular complexity index is 2690. The van der Waals surface area contributed by atoms with Crippen LogP contribution in [0.5, 0.6) is 0 Å². The molecule has 0 bridgehead atoms. The Morgan fingerprint density at radius 2 is 1.38 bits per heavy atom. The second-order valence-corrected chi connectivity index (χ2v) is 15.4. The molecule has 0 radical (unpaired) electrons. The van der Waals surface area contributed by atoms with Crippen LogP contribution in [-0.2, 0) is 9.53 Å². The summed E-state index contributed by atoms with van der Waals surface area (Å²) >= 11 is 0. The van der Waals surface area contributed by atoms with Crippen molar-refractivity contribution in [2.24, 2.45) is 0 Å². The molecule has 9 rings (SSSR count). The molecule has 3 saturated heterocycles. The topological polar surface area (TPSA) is 218 Å². The molecule has 2 aromatic carbocycles. The van der Waals surface area contributed by atoms with Gasteiger partial charge in [-0.15, -0.1) is 0 Å². The highest BCUT2D eigenvalue weighted by molar-refractivity contribution is 6.08. The molecule has 0 aliphatic carbocycles. The van der Waals surface area contributed by atoms with Gasteiger partial charge in [-0.25, -0.2) is 33.5 Å². The van der Waals surface area contributed by atoms with Gasteiger partial charge >= 0.3 is 6.03 Å². The number of nitrogens with one attached hydrogen (secondary N) is 2. The van der Waals surface area contributed by atoms with Crippen LogP contribution in [0.2, 0.25) is 0 Å². The first-order chi connectivity index (χ1) is 29.5. The number of anilines is 2. The van der Waals surface area contributed by atoms with Crippen LogP contribution in [0.25, 0.3) is 44.3 Å². The van der Waals surface area contributed by atoms with Gasteiger partial charge in [-0.1, -0.05) is 30.3 Å². The predicted molar refractivity (Wildman–Crippen MR) is 221 cm³/mol. The number of nitrogens with two attached hydrogens (primary N) is 2. The van der Waals surface area contributed by atoms with E-state index in [1.807, 2.05) is 0 Å². The van der Waals surface area contributed by atoms with E-state index in [0.29, 0.717) is 82.6 Å². The number of hydrogen-bond donors (Lipinski definition) is 5. The number of pyridine rings is 4. The molecule has 4 aromatic heterocycles. The molecule has 3 aliphatic heterocycles. The summed E-state index contributed by atoms with van der Waals surface area (Å²) in [6.07, 6.45) is 1.34. The molecule has 18 heteroatoms. The monoisotopic (exact) mass is 829 g/mol. The average molecular weight is 830 g/mol. The minimum absolute atomic E-state index is 0.0782. The standard InChI is InChI=1S/C43H41F2N11O5/c44-25-5-1-3-23(13-25)34-9-7-30-32(16-48-39(46)37(30)52-34)41(58)50-27-18-55(19-27)36(57)15-29-22-54(11-12-61-29)43(60)56-20-28(21-56)51-42(59)33-17-49-40(47)38-31(33)8-10-35(53-38)24-4-2-6-26(45)14-24/h1-10,13-14,16-17,27-29,42,51,59H,11-12,15,18-22H2,(H2,46,48)(H2,47,49)(H,50,58). The lowest BCUT2D eigenvalue weighted by molar-refractivity contribution is -0.140. The van der Waals surface area contributed by atoms with Gasteiger partial charge in [0.1, 0.15) is 40.5 Å². The zero-order valence-electron chi connectivity index (χ0n) is 32.7. The molecule has 0 saturated carbocycles. The molecule has 0 spiro atoms. The van der Waals surface area contributed by atoms with E-state index in [1.165, 1.54) is 36.7 Å². The molecule has 4 amide bonds. The fourth-order valence-corrected chi connectivity index (χ4v) is 7.94. The Labute approximate surface area is 347 Å². The smallest absolute Gasteiger partial charge is 0.320 e. The number of morpholine rings is 1.